The summed E-state index contributed by atoms with van der Waals surface area (Å²) < 4.78 is 37.3. The van der Waals surface area contributed by atoms with Crippen LogP contribution < -0.4 is 10.2 Å². The lowest BCUT2D eigenvalue weighted by Gasteiger charge is -2.22. The highest BCUT2D eigenvalue weighted by Crippen LogP contribution is 2.28. The molecule has 0 radical (unpaired) electrons. The van der Waals surface area contributed by atoms with Crippen molar-refractivity contribution in [1.29, 1.82) is 0 Å². The molecule has 0 fully saturated rings. The summed E-state index contributed by atoms with van der Waals surface area (Å²) in [4.78, 5) is 1.60. The van der Waals surface area contributed by atoms with E-state index in [0.717, 1.165) is 22.3 Å². The van der Waals surface area contributed by atoms with Gasteiger partial charge < -0.3 is 10.2 Å². The molecular weight excluding hydrogens is 309 g/mol. The average Bonchev–Trinajstić information content (AvgIpc) is 2.25. The van der Waals surface area contributed by atoms with Crippen LogP contribution in [0.15, 0.2) is 22.7 Å². The monoisotopic (exact) mass is 324 g/mol. The molecule has 0 unspecified atom stereocenters. The fourth-order valence-corrected chi connectivity index (χ4v) is 2.32. The van der Waals surface area contributed by atoms with Crippen molar-refractivity contribution in [2.24, 2.45) is 0 Å². The number of benzene rings is 1. The normalized spacial score (nSPS) is 11.7. The zero-order valence-corrected chi connectivity index (χ0v) is 11.9. The number of alkyl halides is 3. The molecule has 0 spiro atoms. The van der Waals surface area contributed by atoms with E-state index in [4.69, 9.17) is 0 Å². The van der Waals surface area contributed by atoms with Crippen LogP contribution in [0.3, 0.4) is 0 Å². The lowest BCUT2D eigenvalue weighted by atomic mass is 10.2. The van der Waals surface area contributed by atoms with Crippen molar-refractivity contribution in [3.8, 4) is 0 Å². The Bertz CT molecular complexity index is 393. The molecule has 1 aromatic rings. The molecule has 6 heteroatoms. The van der Waals surface area contributed by atoms with Crippen molar-refractivity contribution >= 4 is 21.6 Å². The number of nitrogens with one attached hydrogen (secondary N) is 1. The third kappa shape index (κ3) is 4.86. The van der Waals surface area contributed by atoms with E-state index in [2.05, 4.69) is 21.2 Å². The van der Waals surface area contributed by atoms with Gasteiger partial charge in [0.05, 0.1) is 12.1 Å². The van der Waals surface area contributed by atoms with Crippen molar-refractivity contribution in [3.63, 3.8) is 0 Å². The van der Waals surface area contributed by atoms with Gasteiger partial charge in [0.15, 0.2) is 0 Å². The summed E-state index contributed by atoms with van der Waals surface area (Å²) in [5, 5.41) is 3.02. The second kappa shape index (κ2) is 6.43. The first-order valence-electron chi connectivity index (χ1n) is 5.54. The number of anilines is 1. The Balaban J connectivity index is 2.71. The summed E-state index contributed by atoms with van der Waals surface area (Å²) in [6.45, 7) is 0.679. The Morgan fingerprint density at radius 3 is 2.50 bits per heavy atom. The standard InChI is InChI=1S/C12H16BrF3N2/c1-17-8-9-3-4-11(10(13)7-9)18(2)6-5-12(14,15)16/h3-4,7,17H,5-6,8H2,1-2H3. The van der Waals surface area contributed by atoms with Crippen molar-refractivity contribution in [2.75, 3.05) is 25.5 Å². The summed E-state index contributed by atoms with van der Waals surface area (Å²) in [5.74, 6) is 0. The third-order valence-corrected chi connectivity index (χ3v) is 3.17. The highest BCUT2D eigenvalue weighted by atomic mass is 79.9. The van der Waals surface area contributed by atoms with E-state index < -0.39 is 12.6 Å². The van der Waals surface area contributed by atoms with Gasteiger partial charge in [-0.1, -0.05) is 6.07 Å². The molecule has 0 saturated heterocycles. The number of halogens is 4. The first-order chi connectivity index (χ1) is 8.33. The largest absolute Gasteiger partial charge is 0.390 e. The molecule has 0 heterocycles. The van der Waals surface area contributed by atoms with Crippen LogP contribution in [0, 0.1) is 0 Å². The fourth-order valence-electron chi connectivity index (χ4n) is 1.59. The van der Waals surface area contributed by atoms with Gasteiger partial charge in [-0.2, -0.15) is 13.2 Å². The zero-order chi connectivity index (χ0) is 13.8. The summed E-state index contributed by atoms with van der Waals surface area (Å²) >= 11 is 3.39. The first-order valence-corrected chi connectivity index (χ1v) is 6.33. The quantitative estimate of drug-likeness (QED) is 0.891. The van der Waals surface area contributed by atoms with E-state index in [9.17, 15) is 13.2 Å². The molecule has 0 amide bonds. The highest BCUT2D eigenvalue weighted by Gasteiger charge is 2.27. The SMILES string of the molecule is CNCc1ccc(N(C)CCC(F)(F)F)c(Br)c1. The Morgan fingerprint density at radius 1 is 1.33 bits per heavy atom. The molecule has 1 aromatic carbocycles. The molecule has 2 nitrogen and oxygen atoms in total. The number of hydrogen-bond donors (Lipinski definition) is 1. The molecule has 0 bridgehead atoms. The van der Waals surface area contributed by atoms with E-state index in [0.29, 0.717) is 0 Å². The predicted molar refractivity (Wildman–Crippen MR) is 70.8 cm³/mol. The molecule has 0 aliphatic rings. The second-order valence-corrected chi connectivity index (χ2v) is 4.96. The van der Waals surface area contributed by atoms with Gasteiger partial charge in [0.2, 0.25) is 0 Å². The van der Waals surface area contributed by atoms with Crippen LogP contribution in [0.5, 0.6) is 0 Å². The topological polar surface area (TPSA) is 15.3 Å². The van der Waals surface area contributed by atoms with Gasteiger partial charge in [-0.05, 0) is 40.7 Å². The predicted octanol–water partition coefficient (Wildman–Crippen LogP) is 3.56. The Labute approximate surface area is 113 Å². The van der Waals surface area contributed by atoms with Crippen LogP contribution in [-0.4, -0.2) is 26.8 Å². The molecule has 0 aliphatic carbocycles. The number of rotatable bonds is 5. The molecule has 18 heavy (non-hydrogen) atoms. The Kier molecular flexibility index (Phi) is 5.47. The van der Waals surface area contributed by atoms with Crippen LogP contribution in [0.25, 0.3) is 0 Å². The maximum atomic E-state index is 12.2. The second-order valence-electron chi connectivity index (χ2n) is 4.10. The fraction of sp³-hybridized carbons (Fsp3) is 0.500. The van der Waals surface area contributed by atoms with Crippen LogP contribution >= 0.6 is 15.9 Å². The first kappa shape index (κ1) is 15.3. The van der Waals surface area contributed by atoms with Crippen LogP contribution in [0.2, 0.25) is 0 Å². The lowest BCUT2D eigenvalue weighted by molar-refractivity contribution is -0.132. The maximum Gasteiger partial charge on any atom is 0.390 e. The van der Waals surface area contributed by atoms with Crippen molar-refractivity contribution in [1.82, 2.24) is 5.32 Å². The van der Waals surface area contributed by atoms with Gasteiger partial charge in [0, 0.05) is 24.6 Å². The number of hydrogen-bond acceptors (Lipinski definition) is 2. The summed E-state index contributed by atoms with van der Waals surface area (Å²) in [5.41, 5.74) is 1.84. The smallest absolute Gasteiger partial charge is 0.373 e. The zero-order valence-electron chi connectivity index (χ0n) is 10.3. The van der Waals surface area contributed by atoms with Crippen LogP contribution in [0.1, 0.15) is 12.0 Å². The van der Waals surface area contributed by atoms with Gasteiger partial charge in [-0.25, -0.2) is 0 Å². The van der Waals surface area contributed by atoms with E-state index in [-0.39, 0.29) is 6.54 Å². The van der Waals surface area contributed by atoms with E-state index in [1.807, 2.05) is 25.2 Å². The van der Waals surface area contributed by atoms with E-state index >= 15 is 0 Å². The van der Waals surface area contributed by atoms with Crippen molar-refractivity contribution < 1.29 is 13.2 Å². The maximum absolute atomic E-state index is 12.2. The molecule has 1 N–H and O–H groups in total. The molecule has 0 saturated carbocycles. The minimum Gasteiger partial charge on any atom is -0.373 e. The molecule has 0 aromatic heterocycles. The minimum atomic E-state index is -4.12. The van der Waals surface area contributed by atoms with E-state index in [1.54, 1.807) is 11.9 Å². The molecule has 102 valence electrons. The summed E-state index contributed by atoms with van der Waals surface area (Å²) in [6.07, 6.45) is -4.93. The minimum absolute atomic E-state index is 0.0481. The molecule has 0 atom stereocenters. The Hall–Kier alpha value is -0.750. The molecular formula is C12H16BrF3N2. The van der Waals surface area contributed by atoms with Gasteiger partial charge >= 0.3 is 6.18 Å². The number of nitrogens with zero attached hydrogens (tertiary/aromatic N) is 1. The molecule has 0 aliphatic heterocycles. The third-order valence-electron chi connectivity index (χ3n) is 2.53. The van der Waals surface area contributed by atoms with Crippen molar-refractivity contribution in [2.45, 2.75) is 19.1 Å². The average molecular weight is 325 g/mol. The Morgan fingerprint density at radius 2 is 2.00 bits per heavy atom. The van der Waals surface area contributed by atoms with Crippen LogP contribution in [0.4, 0.5) is 18.9 Å². The lowest BCUT2D eigenvalue weighted by Crippen LogP contribution is -2.24. The van der Waals surface area contributed by atoms with Gasteiger partial charge in [-0.3, -0.25) is 0 Å². The van der Waals surface area contributed by atoms with Crippen LogP contribution in [-0.2, 0) is 6.54 Å². The summed E-state index contributed by atoms with van der Waals surface area (Å²) in [7, 11) is 3.50. The highest BCUT2D eigenvalue weighted by molar-refractivity contribution is 9.10. The van der Waals surface area contributed by atoms with Gasteiger partial charge in [0.1, 0.15) is 0 Å². The van der Waals surface area contributed by atoms with Gasteiger partial charge in [-0.15, -0.1) is 0 Å². The molecule has 1 rings (SSSR count). The summed E-state index contributed by atoms with van der Waals surface area (Å²) in [6, 6.07) is 5.64. The van der Waals surface area contributed by atoms with E-state index in [1.165, 1.54) is 0 Å². The van der Waals surface area contributed by atoms with Gasteiger partial charge in [0.25, 0.3) is 0 Å². The van der Waals surface area contributed by atoms with Crippen molar-refractivity contribution in [3.05, 3.63) is 28.2 Å².